The first-order valence-electron chi connectivity index (χ1n) is 12.6. The van der Waals surface area contributed by atoms with E-state index in [2.05, 4.69) is 5.32 Å². The first kappa shape index (κ1) is 26.1. The summed E-state index contributed by atoms with van der Waals surface area (Å²) < 4.78 is 10.4. The molecule has 1 N–H and O–H groups in total. The molecule has 0 saturated heterocycles. The second-order valence-electron chi connectivity index (χ2n) is 10.5. The third-order valence-corrected chi connectivity index (χ3v) is 7.83. The smallest absolute Gasteiger partial charge is 0.410 e. The molecule has 0 unspecified atom stereocenters. The molecule has 0 radical (unpaired) electrons. The summed E-state index contributed by atoms with van der Waals surface area (Å²) in [5.74, 6) is -0.334. The van der Waals surface area contributed by atoms with Crippen molar-refractivity contribution in [1.82, 2.24) is 15.2 Å². The lowest BCUT2D eigenvalue weighted by atomic mass is 9.86. The average Bonchev–Trinajstić information content (AvgIpc) is 3.15. The molecule has 4 rings (SSSR count). The van der Waals surface area contributed by atoms with Gasteiger partial charge in [0.2, 0.25) is 0 Å². The molecule has 0 atom stereocenters. The van der Waals surface area contributed by atoms with Crippen LogP contribution in [0.2, 0.25) is 0 Å². The number of ether oxygens (including phenoxy) is 2. The van der Waals surface area contributed by atoms with Crippen molar-refractivity contribution in [2.45, 2.75) is 70.9 Å². The number of rotatable bonds is 4. The number of methoxy groups -OCH3 is 1. The quantitative estimate of drug-likeness (QED) is 0.600. The number of nitrogens with zero attached hydrogens (tertiary/aromatic N) is 2. The van der Waals surface area contributed by atoms with Crippen molar-refractivity contribution in [2.75, 3.05) is 20.2 Å². The Kier molecular flexibility index (Phi) is 7.97. The molecule has 36 heavy (non-hydrogen) atoms. The Labute approximate surface area is 216 Å². The van der Waals surface area contributed by atoms with Gasteiger partial charge in [-0.05, 0) is 58.6 Å². The molecule has 1 aromatic carbocycles. The minimum Gasteiger partial charge on any atom is -0.469 e. The van der Waals surface area contributed by atoms with Gasteiger partial charge in [-0.2, -0.15) is 0 Å². The molecule has 0 bridgehead atoms. The average molecular weight is 514 g/mol. The predicted octanol–water partition coefficient (Wildman–Crippen LogP) is 4.61. The van der Waals surface area contributed by atoms with Crippen LogP contribution in [0.4, 0.5) is 4.79 Å². The first-order chi connectivity index (χ1) is 17.1. The van der Waals surface area contributed by atoms with E-state index in [4.69, 9.17) is 14.5 Å². The molecule has 2 aliphatic rings. The van der Waals surface area contributed by atoms with Gasteiger partial charge in [-0.3, -0.25) is 9.59 Å². The topological polar surface area (TPSA) is 97.8 Å². The van der Waals surface area contributed by atoms with Crippen molar-refractivity contribution in [3.05, 3.63) is 40.4 Å². The van der Waals surface area contributed by atoms with Gasteiger partial charge < -0.3 is 19.7 Å². The van der Waals surface area contributed by atoms with Crippen LogP contribution < -0.4 is 5.32 Å². The van der Waals surface area contributed by atoms with Crippen LogP contribution in [-0.4, -0.2) is 59.7 Å². The number of nitrogens with one attached hydrogen (secondary N) is 1. The van der Waals surface area contributed by atoms with Crippen LogP contribution in [0.25, 0.3) is 10.6 Å². The Morgan fingerprint density at radius 1 is 1.08 bits per heavy atom. The Hall–Kier alpha value is -2.94. The number of thiazole rings is 1. The molecular formula is C27H35N3O5S. The third-order valence-electron chi connectivity index (χ3n) is 6.63. The molecule has 1 aromatic heterocycles. The third kappa shape index (κ3) is 6.43. The van der Waals surface area contributed by atoms with Crippen LogP contribution in [0.3, 0.4) is 0 Å². The molecule has 2 heterocycles. The number of carbonyl (C=O) groups is 3. The number of amides is 2. The van der Waals surface area contributed by atoms with E-state index >= 15 is 0 Å². The molecule has 1 saturated carbocycles. The van der Waals surface area contributed by atoms with Crippen LogP contribution in [0.15, 0.2) is 24.3 Å². The molecule has 1 aliphatic carbocycles. The highest BCUT2D eigenvalue weighted by molar-refractivity contribution is 7.15. The van der Waals surface area contributed by atoms with E-state index in [9.17, 15) is 14.4 Å². The van der Waals surface area contributed by atoms with E-state index < -0.39 is 5.60 Å². The number of aromatic nitrogens is 1. The van der Waals surface area contributed by atoms with E-state index in [1.54, 1.807) is 16.2 Å². The molecule has 2 amide bonds. The summed E-state index contributed by atoms with van der Waals surface area (Å²) in [5, 5.41) is 4.01. The Bertz CT molecular complexity index is 1090. The fourth-order valence-corrected chi connectivity index (χ4v) is 5.79. The second-order valence-corrected chi connectivity index (χ2v) is 11.6. The number of hydrogen-bond donors (Lipinski definition) is 1. The highest BCUT2D eigenvalue weighted by Gasteiger charge is 2.28. The Morgan fingerprint density at radius 2 is 1.81 bits per heavy atom. The van der Waals surface area contributed by atoms with Gasteiger partial charge in [0.1, 0.15) is 10.6 Å². The Morgan fingerprint density at radius 3 is 2.50 bits per heavy atom. The van der Waals surface area contributed by atoms with E-state index in [0.29, 0.717) is 25.1 Å². The maximum absolute atomic E-state index is 12.9. The maximum Gasteiger partial charge on any atom is 0.410 e. The number of esters is 1. The first-order valence-corrected chi connectivity index (χ1v) is 13.4. The zero-order valence-corrected chi connectivity index (χ0v) is 22.3. The molecular weight excluding hydrogens is 478 g/mol. The number of carbonyl (C=O) groups excluding carboxylic acids is 3. The van der Waals surface area contributed by atoms with Crippen LogP contribution in [0.5, 0.6) is 0 Å². The monoisotopic (exact) mass is 513 g/mol. The Balaban J connectivity index is 1.37. The van der Waals surface area contributed by atoms with Crippen LogP contribution in [-0.2, 0) is 27.1 Å². The number of fused-ring (bicyclic) bond motifs is 1. The highest BCUT2D eigenvalue weighted by Crippen LogP contribution is 2.31. The summed E-state index contributed by atoms with van der Waals surface area (Å²) in [4.78, 5) is 44.9. The van der Waals surface area contributed by atoms with Crippen molar-refractivity contribution in [1.29, 1.82) is 0 Å². The van der Waals surface area contributed by atoms with Crippen molar-refractivity contribution >= 4 is 29.3 Å². The van der Waals surface area contributed by atoms with Crippen LogP contribution in [0, 0.1) is 5.92 Å². The van der Waals surface area contributed by atoms with Crippen molar-refractivity contribution in [2.24, 2.45) is 5.92 Å². The predicted molar refractivity (Wildman–Crippen MR) is 138 cm³/mol. The van der Waals surface area contributed by atoms with Gasteiger partial charge in [-0.15, -0.1) is 11.3 Å². The van der Waals surface area contributed by atoms with Gasteiger partial charge in [0.25, 0.3) is 5.91 Å². The summed E-state index contributed by atoms with van der Waals surface area (Å²) in [7, 11) is 1.42. The van der Waals surface area contributed by atoms with E-state index in [-0.39, 0.29) is 29.9 Å². The maximum atomic E-state index is 12.9. The number of benzene rings is 1. The van der Waals surface area contributed by atoms with Crippen LogP contribution >= 0.6 is 11.3 Å². The summed E-state index contributed by atoms with van der Waals surface area (Å²) in [6.45, 7) is 6.79. The molecule has 1 aliphatic heterocycles. The standard InChI is InChI=1S/C27H35N3O5S/c1-27(2,3)35-26(33)30-14-12-21-22(13-15-30)36-24(29-21)19-7-5-6-18(16-19)23(31)28-20-10-8-17(9-11-20)25(32)34-4/h5-7,16-17,20H,8-15H2,1-4H3,(H,28,31)/t17-,20-. The highest BCUT2D eigenvalue weighted by atomic mass is 32.1. The van der Waals surface area contributed by atoms with E-state index in [1.165, 1.54) is 12.0 Å². The van der Waals surface area contributed by atoms with E-state index in [0.717, 1.165) is 48.4 Å². The summed E-state index contributed by atoms with van der Waals surface area (Å²) in [6, 6.07) is 7.63. The SMILES string of the molecule is COC(=O)[C@H]1CC[C@H](NC(=O)c2cccc(-c3nc4c(s3)CCN(C(=O)OC(C)(C)C)CC4)c2)CC1. The molecule has 8 nitrogen and oxygen atoms in total. The molecule has 9 heteroatoms. The fraction of sp³-hybridized carbons (Fsp3) is 0.556. The molecule has 194 valence electrons. The second kappa shape index (κ2) is 11.0. The van der Waals surface area contributed by atoms with Crippen LogP contribution in [0.1, 0.15) is 67.4 Å². The molecule has 2 aromatic rings. The normalized spacial score (nSPS) is 20.2. The fourth-order valence-electron chi connectivity index (χ4n) is 4.70. The minimum atomic E-state index is -0.514. The van der Waals surface area contributed by atoms with Crippen molar-refractivity contribution in [3.8, 4) is 10.6 Å². The lowest BCUT2D eigenvalue weighted by molar-refractivity contribution is -0.146. The minimum absolute atomic E-state index is 0.0610. The zero-order valence-electron chi connectivity index (χ0n) is 21.5. The van der Waals surface area contributed by atoms with Gasteiger partial charge in [0.15, 0.2) is 0 Å². The lowest BCUT2D eigenvalue weighted by Gasteiger charge is -2.27. The largest absolute Gasteiger partial charge is 0.469 e. The van der Waals surface area contributed by atoms with Gasteiger partial charge >= 0.3 is 12.1 Å². The van der Waals surface area contributed by atoms with Crippen molar-refractivity contribution in [3.63, 3.8) is 0 Å². The molecule has 0 spiro atoms. The van der Waals surface area contributed by atoms with Gasteiger partial charge in [0.05, 0.1) is 18.7 Å². The van der Waals surface area contributed by atoms with E-state index in [1.807, 2.05) is 45.0 Å². The van der Waals surface area contributed by atoms with Gasteiger partial charge in [-0.25, -0.2) is 9.78 Å². The zero-order chi connectivity index (χ0) is 25.9. The van der Waals surface area contributed by atoms with Gasteiger partial charge in [0, 0.05) is 48.0 Å². The van der Waals surface area contributed by atoms with Crippen molar-refractivity contribution < 1.29 is 23.9 Å². The summed E-state index contributed by atoms with van der Waals surface area (Å²) in [6.07, 6.45) is 4.13. The summed E-state index contributed by atoms with van der Waals surface area (Å²) >= 11 is 1.62. The summed E-state index contributed by atoms with van der Waals surface area (Å²) in [5.41, 5.74) is 2.01. The van der Waals surface area contributed by atoms with Gasteiger partial charge in [-0.1, -0.05) is 12.1 Å². The lowest BCUT2D eigenvalue weighted by Crippen LogP contribution is -2.38. The molecule has 1 fully saturated rings. The number of hydrogen-bond acceptors (Lipinski definition) is 7.